The zero-order valence-corrected chi connectivity index (χ0v) is 18.2. The molecule has 3 aromatic heterocycles. The lowest BCUT2D eigenvalue weighted by atomic mass is 10.1. The molecule has 0 aliphatic rings. The van der Waals surface area contributed by atoms with Crippen molar-refractivity contribution in [3.63, 3.8) is 0 Å². The quantitative estimate of drug-likeness (QED) is 0.285. The van der Waals surface area contributed by atoms with E-state index in [-0.39, 0.29) is 0 Å². The van der Waals surface area contributed by atoms with Crippen molar-refractivity contribution in [3.05, 3.63) is 115 Å². The molecule has 34 heavy (non-hydrogen) atoms. The number of nitrogens with zero attached hydrogens (tertiary/aromatic N) is 3. The molecule has 0 aliphatic heterocycles. The molecule has 0 atom stereocenters. The van der Waals surface area contributed by atoms with E-state index in [0.29, 0.717) is 5.71 Å². The van der Waals surface area contributed by atoms with Gasteiger partial charge in [0.05, 0.1) is 22.3 Å². The smallest absolute Gasteiger partial charge is 0.227 e. The van der Waals surface area contributed by atoms with Crippen LogP contribution < -0.4 is 0 Å². The Hall–Kier alpha value is -4.70. The van der Waals surface area contributed by atoms with E-state index >= 15 is 0 Å². The van der Waals surface area contributed by atoms with Gasteiger partial charge in [-0.15, -0.1) is 0 Å². The third-order valence-electron chi connectivity index (χ3n) is 6.25. The van der Waals surface area contributed by atoms with Crippen LogP contribution in [0.1, 0.15) is 0 Å². The minimum atomic E-state index is 0.631. The van der Waals surface area contributed by atoms with E-state index in [4.69, 9.17) is 14.4 Å². The first-order chi connectivity index (χ1) is 16.9. The first-order valence-electron chi connectivity index (χ1n) is 11.3. The molecule has 0 bridgehead atoms. The van der Waals surface area contributed by atoms with Gasteiger partial charge in [0.15, 0.2) is 0 Å². The highest BCUT2D eigenvalue weighted by molar-refractivity contribution is 6.09. The predicted octanol–water partition coefficient (Wildman–Crippen LogP) is 7.65. The van der Waals surface area contributed by atoms with Gasteiger partial charge in [0, 0.05) is 22.0 Å². The van der Waals surface area contributed by atoms with E-state index in [1.54, 1.807) is 0 Å². The molecule has 4 nitrogen and oxygen atoms in total. The van der Waals surface area contributed by atoms with Crippen molar-refractivity contribution >= 4 is 33.1 Å². The third kappa shape index (κ3) is 2.86. The summed E-state index contributed by atoms with van der Waals surface area (Å²) in [5.74, 6) is 0.848. The number of fused-ring (bicyclic) bond motifs is 4. The van der Waals surface area contributed by atoms with Crippen LogP contribution in [0.2, 0.25) is 0 Å². The second-order valence-corrected chi connectivity index (χ2v) is 8.29. The molecule has 0 amide bonds. The Morgan fingerprint density at radius 2 is 1.35 bits per heavy atom. The molecule has 160 valence electrons. The molecule has 0 spiro atoms. The van der Waals surface area contributed by atoms with Gasteiger partial charge in [-0.3, -0.25) is 4.57 Å². The maximum Gasteiger partial charge on any atom is 0.227 e. The van der Waals surface area contributed by atoms with Gasteiger partial charge in [-0.1, -0.05) is 72.8 Å². The number of para-hydroxylation sites is 4. The monoisotopic (exact) mass is 437 g/mol. The van der Waals surface area contributed by atoms with Gasteiger partial charge >= 0.3 is 0 Å². The lowest BCUT2D eigenvalue weighted by molar-refractivity contribution is 0.655. The molecule has 0 fully saturated rings. The highest BCUT2D eigenvalue weighted by atomic mass is 16.3. The van der Waals surface area contributed by atoms with E-state index in [9.17, 15) is 0 Å². The van der Waals surface area contributed by atoms with Crippen molar-refractivity contribution in [2.24, 2.45) is 0 Å². The second kappa shape index (κ2) is 7.42. The number of hydrogen-bond acceptors (Lipinski definition) is 3. The van der Waals surface area contributed by atoms with Crippen molar-refractivity contribution in [1.29, 1.82) is 0 Å². The summed E-state index contributed by atoms with van der Waals surface area (Å²) < 4.78 is 8.62. The van der Waals surface area contributed by atoms with Crippen LogP contribution in [0.4, 0.5) is 0 Å². The van der Waals surface area contributed by atoms with Crippen LogP contribution in [0.5, 0.6) is 0 Å². The lowest BCUT2D eigenvalue weighted by Gasteiger charge is -2.09. The van der Waals surface area contributed by atoms with E-state index in [2.05, 4.69) is 65.2 Å². The average molecular weight is 438 g/mol. The molecule has 0 unspecified atom stereocenters. The summed E-state index contributed by atoms with van der Waals surface area (Å²) in [5, 5.41) is 2.03. The normalized spacial score (nSPS) is 11.5. The SMILES string of the molecule is c1ccc(-c2ccc3c(n2)oc2c(-c4nc5ccccc5n4-c4ccccc4)cccc23)cc1. The molecule has 0 saturated heterocycles. The van der Waals surface area contributed by atoms with Crippen molar-refractivity contribution in [3.8, 4) is 28.3 Å². The highest BCUT2D eigenvalue weighted by Crippen LogP contribution is 2.37. The second-order valence-electron chi connectivity index (χ2n) is 8.29. The minimum Gasteiger partial charge on any atom is -0.437 e. The first kappa shape index (κ1) is 18.8. The van der Waals surface area contributed by atoms with E-state index < -0.39 is 0 Å². The van der Waals surface area contributed by atoms with E-state index in [1.165, 1.54) is 0 Å². The molecule has 0 N–H and O–H groups in total. The van der Waals surface area contributed by atoms with Gasteiger partial charge in [-0.25, -0.2) is 9.97 Å². The molecule has 7 rings (SSSR count). The van der Waals surface area contributed by atoms with Gasteiger partial charge in [0.1, 0.15) is 11.4 Å². The van der Waals surface area contributed by atoms with Crippen LogP contribution in [-0.4, -0.2) is 14.5 Å². The lowest BCUT2D eigenvalue weighted by Crippen LogP contribution is -1.97. The zero-order chi connectivity index (χ0) is 22.5. The summed E-state index contributed by atoms with van der Waals surface area (Å²) in [5.41, 5.74) is 7.39. The number of benzene rings is 4. The van der Waals surface area contributed by atoms with Crippen molar-refractivity contribution in [1.82, 2.24) is 14.5 Å². The standard InChI is InChI=1S/C30H19N3O/c1-3-10-20(11-4-1)25-19-18-23-22-14-9-15-24(28(22)34-30(23)32-25)29-31-26-16-7-8-17-27(26)33(29)21-12-5-2-6-13-21/h1-19H. The number of furan rings is 1. The van der Waals surface area contributed by atoms with Gasteiger partial charge in [0.2, 0.25) is 5.71 Å². The maximum absolute atomic E-state index is 6.42. The van der Waals surface area contributed by atoms with Crippen molar-refractivity contribution < 1.29 is 4.42 Å². The van der Waals surface area contributed by atoms with Crippen molar-refractivity contribution in [2.75, 3.05) is 0 Å². The van der Waals surface area contributed by atoms with E-state index in [1.807, 2.05) is 54.6 Å². The third-order valence-corrected chi connectivity index (χ3v) is 6.25. The number of imidazole rings is 1. The topological polar surface area (TPSA) is 43.9 Å². The molecule has 0 radical (unpaired) electrons. The fourth-order valence-electron chi connectivity index (χ4n) is 4.67. The van der Waals surface area contributed by atoms with Crippen LogP contribution >= 0.6 is 0 Å². The van der Waals surface area contributed by atoms with Gasteiger partial charge < -0.3 is 4.42 Å². The van der Waals surface area contributed by atoms with Crippen LogP contribution in [0.15, 0.2) is 120 Å². The Morgan fingerprint density at radius 3 is 2.21 bits per heavy atom. The molecule has 0 saturated carbocycles. The number of rotatable bonds is 3. The Morgan fingerprint density at radius 1 is 0.588 bits per heavy atom. The number of pyridine rings is 1. The summed E-state index contributed by atoms with van der Waals surface area (Å²) in [6.45, 7) is 0. The largest absolute Gasteiger partial charge is 0.437 e. The fraction of sp³-hybridized carbons (Fsp3) is 0. The van der Waals surface area contributed by atoms with Gasteiger partial charge in [-0.05, 0) is 42.5 Å². The summed E-state index contributed by atoms with van der Waals surface area (Å²) in [6.07, 6.45) is 0. The number of aromatic nitrogens is 3. The Kier molecular flexibility index (Phi) is 4.11. The van der Waals surface area contributed by atoms with Crippen LogP contribution in [0.3, 0.4) is 0 Å². The van der Waals surface area contributed by atoms with Gasteiger partial charge in [0.25, 0.3) is 0 Å². The van der Waals surface area contributed by atoms with Gasteiger partial charge in [-0.2, -0.15) is 0 Å². The molecule has 0 aliphatic carbocycles. The van der Waals surface area contributed by atoms with Crippen LogP contribution in [-0.2, 0) is 0 Å². The molecular weight excluding hydrogens is 418 g/mol. The average Bonchev–Trinajstić information content (AvgIpc) is 3.48. The maximum atomic E-state index is 6.42. The summed E-state index contributed by atoms with van der Waals surface area (Å²) in [4.78, 5) is 9.87. The Bertz CT molecular complexity index is 1800. The molecular formula is C30H19N3O. The molecule has 4 aromatic carbocycles. The molecule has 7 aromatic rings. The Labute approximate surface area is 195 Å². The Balaban J connectivity index is 1.50. The molecule has 4 heteroatoms. The zero-order valence-electron chi connectivity index (χ0n) is 18.2. The predicted molar refractivity (Wildman–Crippen MR) is 137 cm³/mol. The van der Waals surface area contributed by atoms with Crippen LogP contribution in [0.25, 0.3) is 61.4 Å². The molecule has 3 heterocycles. The first-order valence-corrected chi connectivity index (χ1v) is 11.3. The summed E-state index contributed by atoms with van der Waals surface area (Å²) in [6, 6.07) is 39.1. The van der Waals surface area contributed by atoms with Crippen LogP contribution in [0, 0.1) is 0 Å². The summed E-state index contributed by atoms with van der Waals surface area (Å²) in [7, 11) is 0. The minimum absolute atomic E-state index is 0.631. The summed E-state index contributed by atoms with van der Waals surface area (Å²) >= 11 is 0. The number of hydrogen-bond donors (Lipinski definition) is 0. The highest BCUT2D eigenvalue weighted by Gasteiger charge is 2.20. The fourth-order valence-corrected chi connectivity index (χ4v) is 4.67. The van der Waals surface area contributed by atoms with Crippen molar-refractivity contribution in [2.45, 2.75) is 0 Å². The van der Waals surface area contributed by atoms with E-state index in [0.717, 1.165) is 55.7 Å².